The Kier molecular flexibility index (Phi) is 31.5. The number of nitrogens with one attached hydrogen (secondary N) is 2. The molecule has 0 aliphatic carbocycles. The number of aromatic nitrogens is 8. The van der Waals surface area contributed by atoms with E-state index in [-0.39, 0.29) is 0 Å². The lowest BCUT2D eigenvalue weighted by Gasteiger charge is -2.06. The van der Waals surface area contributed by atoms with Crippen LogP contribution in [0.15, 0.2) is 260 Å². The quantitative estimate of drug-likeness (QED) is 0.00507. The molecule has 0 spiro atoms. The monoisotopic (exact) mass is 1380 g/mol. The number of anilines is 8. The predicted octanol–water partition coefficient (Wildman–Crippen LogP) is 12.9. The summed E-state index contributed by atoms with van der Waals surface area (Å²) < 4.78 is 27.0. The number of carboxylic acid groups (broad SMARTS) is 1. The zero-order chi connectivity index (χ0) is 72.9. The third-order valence-corrected chi connectivity index (χ3v) is 15.5. The summed E-state index contributed by atoms with van der Waals surface area (Å²) in [7, 11) is 12.3. The van der Waals surface area contributed by atoms with Gasteiger partial charge in [-0.25, -0.2) is 36.5 Å². The van der Waals surface area contributed by atoms with E-state index < -0.39 is 6.47 Å². The van der Waals surface area contributed by atoms with Crippen LogP contribution in [0.2, 0.25) is 0 Å². The van der Waals surface area contributed by atoms with Gasteiger partial charge in [-0.05, 0) is 196 Å². The third-order valence-electron chi connectivity index (χ3n) is 15.5. The van der Waals surface area contributed by atoms with E-state index in [2.05, 4.69) is 99.5 Å². The summed E-state index contributed by atoms with van der Waals surface area (Å²) in [5, 5.41) is 59.3. The van der Waals surface area contributed by atoms with Crippen molar-refractivity contribution in [1.29, 1.82) is 0 Å². The van der Waals surface area contributed by atoms with Crippen LogP contribution < -0.4 is 71.7 Å². The molecular weight excluding hydrogens is 1290 g/mol. The lowest BCUT2D eigenvalue weighted by Crippen LogP contribution is -2.25. The van der Waals surface area contributed by atoms with Crippen LogP contribution in [-0.4, -0.2) is 46.1 Å². The largest absolute Gasteiger partial charge is 0.724 e. The topological polar surface area (TPSA) is 353 Å². The number of nitrogen functional groups attached to an aromatic ring is 4. The van der Waals surface area contributed by atoms with Gasteiger partial charge in [0.1, 0.15) is 34.2 Å². The minimum Gasteiger partial charge on any atom is -0.724 e. The molecule has 0 fully saturated rings. The van der Waals surface area contributed by atoms with Gasteiger partial charge in [-0.15, -0.1) is 0 Å². The number of hydrogen-bond donors (Lipinski definition) is 6. The lowest BCUT2D eigenvalue weighted by atomic mass is 10.2. The number of azo groups is 4. The Morgan fingerprint density at radius 2 is 0.549 bits per heavy atom. The number of carbonyl (C=O) groups excluding carboxylic acids is 1. The van der Waals surface area contributed by atoms with Gasteiger partial charge < -0.3 is 63.1 Å². The SMILES string of the molecule is CO[O-].COc1ccc(N=Nc2n(CCCCCCn3cc[n+](C)c3N=Nc3ccc(OC)cc3)cc[n+]2C)cc1.C[n+]1ccn(CCCCCCn2cc[n+](C)c2N=Nc2ccc(Nc3ccc(N)cc3)cc2)c1N=Nc1ccc(Nc2ccc(N)cc2)cc1.Nc1ccc(N)cc1.O=C[O-]. The van der Waals surface area contributed by atoms with Crippen LogP contribution in [0.25, 0.3) is 0 Å². The number of carbonyl (C=O) groups is 1. The molecular formula is C74H92N22O6+2. The van der Waals surface area contributed by atoms with Crippen molar-refractivity contribution in [2.24, 2.45) is 69.1 Å². The molecule has 10 N–H and O–H groups in total. The predicted molar refractivity (Wildman–Crippen MR) is 392 cm³/mol. The number of unbranched alkanes of at least 4 members (excludes halogenated alkanes) is 6. The molecule has 0 amide bonds. The second-order valence-electron chi connectivity index (χ2n) is 23.2. The van der Waals surface area contributed by atoms with Crippen LogP contribution in [0.5, 0.6) is 11.5 Å². The molecule has 0 atom stereocenters. The number of benzene rings is 7. The van der Waals surface area contributed by atoms with Crippen LogP contribution in [0, 0.1) is 0 Å². The first-order valence-electron chi connectivity index (χ1n) is 33.0. The number of hydrogen-bond acceptors (Lipinski definition) is 20. The summed E-state index contributed by atoms with van der Waals surface area (Å²) in [5.41, 5.74) is 32.4. The first-order valence-corrected chi connectivity index (χ1v) is 33.0. The minimum absolute atomic E-state index is 0.500. The summed E-state index contributed by atoms with van der Waals surface area (Å²) in [6.45, 7) is 3.06. The van der Waals surface area contributed by atoms with E-state index in [4.69, 9.17) is 47.6 Å². The maximum absolute atomic E-state index is 8.43. The summed E-state index contributed by atoms with van der Waals surface area (Å²) in [6.07, 6.45) is 25.0. The molecule has 0 unspecified atom stereocenters. The van der Waals surface area contributed by atoms with Crippen LogP contribution >= 0.6 is 0 Å². The summed E-state index contributed by atoms with van der Waals surface area (Å²) >= 11 is 0. The third kappa shape index (κ3) is 25.8. The van der Waals surface area contributed by atoms with Crippen molar-refractivity contribution in [3.63, 3.8) is 0 Å². The molecule has 28 nitrogen and oxygen atoms in total. The second kappa shape index (κ2) is 41.7. The molecule has 532 valence electrons. The van der Waals surface area contributed by atoms with E-state index in [1.54, 1.807) is 38.5 Å². The Hall–Kier alpha value is -12.4. The zero-order valence-corrected chi connectivity index (χ0v) is 58.8. The van der Waals surface area contributed by atoms with E-state index in [0.29, 0.717) is 0 Å². The molecule has 4 aromatic heterocycles. The molecule has 11 aromatic rings. The molecule has 0 bridgehead atoms. The van der Waals surface area contributed by atoms with E-state index in [9.17, 15) is 0 Å². The standard InChI is InChI=1S/C38H42N12.C28H36N8O2.C6H8N2.CH4O2.CH2O2/c1-47-25-27-49(37(47)45-43-35-19-15-33(16-20-35)41-31-11-7-29(39)8-12-31)23-5-3-4-6-24-50-28-26-48(2)38(50)46-44-36-21-17-34(18-22-36)42-32-13-9-30(40)10-14-32;1-33-19-21-35(27(33)31-29-23-9-13-25(37-3)14-10-23)17-7-5-6-8-18-36-22-20-34(2)28(36)32-30-24-11-15-26(38-4)16-12-24;7-5-1-2-6(8)4-3-5;1-3-2;2-1-3/h7-22,25-28H,3-6,23-24H2,1-2H3,(H4,39,40,43,44);9-16,19-22H,5-8,17-18H2,1-4H3;1-4H,7-8H2;2H,1H3;1H,(H,2,3)/q;+2;;;. The molecule has 0 saturated carbocycles. The van der Waals surface area contributed by atoms with Crippen molar-refractivity contribution in [1.82, 2.24) is 18.3 Å². The van der Waals surface area contributed by atoms with Gasteiger partial charge in [0.05, 0.1) is 118 Å². The number of rotatable bonds is 28. The van der Waals surface area contributed by atoms with Crippen molar-refractivity contribution in [3.8, 4) is 11.5 Å². The summed E-state index contributed by atoms with van der Waals surface area (Å²) in [5.74, 6) is 4.89. The molecule has 0 radical (unpaired) electrons. The van der Waals surface area contributed by atoms with Gasteiger partial charge in [-0.2, -0.15) is 0 Å². The molecule has 7 aromatic carbocycles. The first-order chi connectivity index (χ1) is 49.6. The van der Waals surface area contributed by atoms with Crippen LogP contribution in [0.1, 0.15) is 51.4 Å². The number of nitrogens with zero attached hydrogens (tertiary/aromatic N) is 16. The Labute approximate surface area is 594 Å². The fourth-order valence-corrected chi connectivity index (χ4v) is 10.0. The van der Waals surface area contributed by atoms with Gasteiger partial charge in [0.15, 0.2) is 0 Å². The highest BCUT2D eigenvalue weighted by atomic mass is 17.1. The highest BCUT2D eigenvalue weighted by molar-refractivity contribution is 5.64. The number of aryl methyl sites for hydroxylation is 8. The van der Waals surface area contributed by atoms with Gasteiger partial charge >= 0.3 is 23.8 Å². The highest BCUT2D eigenvalue weighted by Gasteiger charge is 2.19. The number of nitrogens with two attached hydrogens (primary N) is 4. The Bertz CT molecular complexity index is 4080. The van der Waals surface area contributed by atoms with E-state index in [1.807, 2.05) is 217 Å². The van der Waals surface area contributed by atoms with E-state index >= 15 is 0 Å². The minimum atomic E-state index is -0.500. The van der Waals surface area contributed by atoms with Crippen molar-refractivity contribution in [3.05, 3.63) is 219 Å². The number of methoxy groups -OCH3 is 2. The van der Waals surface area contributed by atoms with E-state index in [0.717, 1.165) is 188 Å². The van der Waals surface area contributed by atoms with Gasteiger partial charge in [0, 0.05) is 79.5 Å². The summed E-state index contributed by atoms with van der Waals surface area (Å²) in [4.78, 5) is 11.2. The maximum Gasteiger partial charge on any atom is 0.421 e. The van der Waals surface area contributed by atoms with Gasteiger partial charge in [-0.1, -0.05) is 46.1 Å². The highest BCUT2D eigenvalue weighted by Crippen LogP contribution is 2.27. The molecule has 4 heterocycles. The number of imidazole rings is 4. The summed E-state index contributed by atoms with van der Waals surface area (Å²) in [6, 6.07) is 53.3. The molecule has 0 aliphatic rings. The normalized spacial score (nSPS) is 10.9. The number of ether oxygens (including phenoxy) is 2. The molecule has 0 saturated heterocycles. The average Bonchev–Trinajstić information content (AvgIpc) is 1.61. The maximum atomic E-state index is 8.43. The molecule has 28 heteroatoms. The van der Waals surface area contributed by atoms with Crippen molar-refractivity contribution in [2.75, 3.05) is 54.9 Å². The van der Waals surface area contributed by atoms with Crippen molar-refractivity contribution >= 4 is 98.5 Å². The van der Waals surface area contributed by atoms with Crippen LogP contribution in [-0.2, 0) is 64.1 Å². The van der Waals surface area contributed by atoms with E-state index in [1.165, 1.54) is 0 Å². The Morgan fingerprint density at radius 1 is 0.353 bits per heavy atom. The fourth-order valence-electron chi connectivity index (χ4n) is 10.0. The van der Waals surface area contributed by atoms with Gasteiger partial charge in [-0.3, -0.25) is 0 Å². The van der Waals surface area contributed by atoms with Gasteiger partial charge in [0.2, 0.25) is 0 Å². The van der Waals surface area contributed by atoms with Crippen molar-refractivity contribution in [2.45, 2.75) is 77.5 Å². The van der Waals surface area contributed by atoms with Crippen LogP contribution in [0.3, 0.4) is 0 Å². The van der Waals surface area contributed by atoms with Crippen molar-refractivity contribution < 1.29 is 47.8 Å². The lowest BCUT2D eigenvalue weighted by molar-refractivity contribution is -0.679. The van der Waals surface area contributed by atoms with Crippen LogP contribution in [0.4, 0.5) is 92.0 Å². The molecule has 11 rings (SSSR count). The molecule has 0 aliphatic heterocycles. The average molecular weight is 1390 g/mol. The Balaban J connectivity index is 0.000000246. The molecule has 102 heavy (non-hydrogen) atoms. The zero-order valence-electron chi connectivity index (χ0n) is 58.8. The smallest absolute Gasteiger partial charge is 0.421 e. The first kappa shape index (κ1) is 76.9. The fraction of sp³-hybridized carbons (Fsp3) is 0.257. The van der Waals surface area contributed by atoms with Gasteiger partial charge in [0.25, 0.3) is 0 Å². The second-order valence-corrected chi connectivity index (χ2v) is 23.2. The Morgan fingerprint density at radius 3 is 0.765 bits per heavy atom.